The first-order valence-electron chi connectivity index (χ1n) is 10.2. The minimum absolute atomic E-state index is 0.0500. The van der Waals surface area contributed by atoms with Crippen molar-refractivity contribution in [1.82, 2.24) is 4.90 Å². The van der Waals surface area contributed by atoms with E-state index in [1.165, 1.54) is 11.0 Å². The molecule has 0 aliphatic heterocycles. The van der Waals surface area contributed by atoms with Crippen LogP contribution in [0.15, 0.2) is 35.1 Å². The van der Waals surface area contributed by atoms with Gasteiger partial charge in [-0.3, -0.25) is 19.3 Å². The fraction of sp³-hybridized carbons (Fsp3) is 0.435. The van der Waals surface area contributed by atoms with E-state index >= 15 is 0 Å². The van der Waals surface area contributed by atoms with Crippen LogP contribution in [-0.4, -0.2) is 68.5 Å². The maximum absolute atomic E-state index is 13.8. The molecule has 1 amide bonds. The van der Waals surface area contributed by atoms with Gasteiger partial charge in [-0.15, -0.1) is 0 Å². The Bertz CT molecular complexity index is 1150. The van der Waals surface area contributed by atoms with Gasteiger partial charge in [0.2, 0.25) is 5.78 Å². The van der Waals surface area contributed by atoms with Crippen LogP contribution in [0, 0.1) is 11.8 Å². The highest BCUT2D eigenvalue weighted by molar-refractivity contribution is 6.24. The molecule has 4 rings (SSSR count). The lowest BCUT2D eigenvalue weighted by molar-refractivity contribution is -0.154. The molecule has 0 saturated heterocycles. The summed E-state index contributed by atoms with van der Waals surface area (Å²) in [5.74, 6) is -6.60. The fourth-order valence-electron chi connectivity index (χ4n) is 5.76. The number of rotatable bonds is 2. The topological polar surface area (TPSA) is 161 Å². The number of amides is 1. The van der Waals surface area contributed by atoms with Crippen LogP contribution in [0.5, 0.6) is 5.75 Å². The van der Waals surface area contributed by atoms with Crippen molar-refractivity contribution in [2.75, 3.05) is 14.1 Å². The van der Waals surface area contributed by atoms with E-state index in [1.807, 2.05) is 13.8 Å². The van der Waals surface area contributed by atoms with Gasteiger partial charge >= 0.3 is 0 Å². The average Bonchev–Trinajstić information content (AvgIpc) is 2.68. The van der Waals surface area contributed by atoms with E-state index in [0.29, 0.717) is 5.56 Å². The van der Waals surface area contributed by atoms with Gasteiger partial charge in [0.15, 0.2) is 11.4 Å². The summed E-state index contributed by atoms with van der Waals surface area (Å²) in [6, 6.07) is 3.65. The molecule has 1 fully saturated rings. The number of hydrogen-bond acceptors (Lipinski definition) is 8. The van der Waals surface area contributed by atoms with Gasteiger partial charge in [-0.2, -0.15) is 0 Å². The van der Waals surface area contributed by atoms with Gasteiger partial charge in [0.25, 0.3) is 5.91 Å². The Balaban J connectivity index is 2.05. The Labute approximate surface area is 184 Å². The molecule has 0 radical (unpaired) electrons. The van der Waals surface area contributed by atoms with Gasteiger partial charge in [0, 0.05) is 17.4 Å². The minimum Gasteiger partial charge on any atom is -0.508 e. The molecule has 9 heteroatoms. The summed E-state index contributed by atoms with van der Waals surface area (Å²) in [6.45, 7) is 3.69. The summed E-state index contributed by atoms with van der Waals surface area (Å²) < 4.78 is 0. The van der Waals surface area contributed by atoms with Crippen LogP contribution in [0.4, 0.5) is 0 Å². The van der Waals surface area contributed by atoms with Gasteiger partial charge in [0.05, 0.1) is 11.6 Å². The van der Waals surface area contributed by atoms with E-state index in [0.717, 1.165) is 0 Å². The van der Waals surface area contributed by atoms with Crippen molar-refractivity contribution in [2.24, 2.45) is 17.6 Å². The van der Waals surface area contributed by atoms with Crippen LogP contribution in [-0.2, 0) is 19.8 Å². The summed E-state index contributed by atoms with van der Waals surface area (Å²) in [5.41, 5.74) is 1.61. The molecule has 6 N–H and O–H groups in total. The standard InChI is InChI=1S/C23H26N2O7/c1-22(2)9-6-5-7-12(26)13(9)17(27)14-10(22)8-11-16(25(3)4)18(28)15(21(24)31)20(30)23(11,32)19(14)29/h5-7,10-11,16,26-27,30,32H,8H2,1-4H3,(H2,24,31)/t10-,11-,16-,23-/m0/s1. The number of fused-ring (bicyclic) bond motifs is 3. The Kier molecular flexibility index (Phi) is 4.59. The van der Waals surface area contributed by atoms with Crippen molar-refractivity contribution in [3.63, 3.8) is 0 Å². The van der Waals surface area contributed by atoms with Gasteiger partial charge in [0.1, 0.15) is 22.8 Å². The fourth-order valence-corrected chi connectivity index (χ4v) is 5.76. The second-order valence-corrected chi connectivity index (χ2v) is 9.53. The molecule has 0 unspecified atom stereocenters. The molecule has 4 atom stereocenters. The van der Waals surface area contributed by atoms with Gasteiger partial charge in [-0.25, -0.2) is 0 Å². The first-order valence-corrected chi connectivity index (χ1v) is 10.2. The molecule has 32 heavy (non-hydrogen) atoms. The van der Waals surface area contributed by atoms with Crippen LogP contribution in [0.3, 0.4) is 0 Å². The largest absolute Gasteiger partial charge is 0.508 e. The molecule has 1 aromatic rings. The predicted octanol–water partition coefficient (Wildman–Crippen LogP) is 0.699. The Morgan fingerprint density at radius 2 is 1.78 bits per heavy atom. The molecule has 3 aliphatic rings. The number of primary amides is 1. The summed E-state index contributed by atoms with van der Waals surface area (Å²) in [7, 11) is 3.13. The first-order chi connectivity index (χ1) is 14.8. The average molecular weight is 442 g/mol. The van der Waals surface area contributed by atoms with Crippen molar-refractivity contribution >= 4 is 23.2 Å². The molecule has 1 saturated carbocycles. The summed E-state index contributed by atoms with van der Waals surface area (Å²) in [4.78, 5) is 40.3. The number of nitrogens with zero attached hydrogens (tertiary/aromatic N) is 1. The minimum atomic E-state index is -2.63. The number of phenolic OH excluding ortho intramolecular Hbond substituents is 1. The number of aromatic hydroxyl groups is 1. The van der Waals surface area contributed by atoms with E-state index in [9.17, 15) is 34.8 Å². The van der Waals surface area contributed by atoms with Crippen LogP contribution in [0.25, 0.3) is 5.76 Å². The van der Waals surface area contributed by atoms with Crippen molar-refractivity contribution in [2.45, 2.75) is 37.3 Å². The molecular weight excluding hydrogens is 416 g/mol. The number of nitrogens with two attached hydrogens (primary N) is 1. The van der Waals surface area contributed by atoms with Crippen LogP contribution < -0.4 is 5.73 Å². The molecule has 3 aliphatic carbocycles. The van der Waals surface area contributed by atoms with Gasteiger partial charge in [-0.1, -0.05) is 26.0 Å². The van der Waals surface area contributed by atoms with E-state index < -0.39 is 63.5 Å². The van der Waals surface area contributed by atoms with Crippen molar-refractivity contribution in [3.05, 3.63) is 46.2 Å². The number of Topliss-reactive ketones (excluding diaryl/α,β-unsaturated/α-hetero) is 2. The number of aliphatic hydroxyl groups is 3. The second-order valence-electron chi connectivity index (χ2n) is 9.53. The molecular formula is C23H26N2O7. The Morgan fingerprint density at radius 3 is 2.34 bits per heavy atom. The summed E-state index contributed by atoms with van der Waals surface area (Å²) >= 11 is 0. The number of likely N-dealkylation sites (N-methyl/N-ethyl adjacent to an activating group) is 1. The van der Waals surface area contributed by atoms with Crippen molar-refractivity contribution < 1.29 is 34.8 Å². The molecule has 9 nitrogen and oxygen atoms in total. The summed E-state index contributed by atoms with van der Waals surface area (Å²) in [5, 5.41) is 43.8. The normalized spacial score (nSPS) is 31.4. The number of ketones is 2. The third kappa shape index (κ3) is 2.49. The maximum Gasteiger partial charge on any atom is 0.255 e. The third-order valence-electron chi connectivity index (χ3n) is 7.36. The highest BCUT2D eigenvalue weighted by atomic mass is 16.3. The molecule has 170 valence electrons. The third-order valence-corrected chi connectivity index (χ3v) is 7.36. The van der Waals surface area contributed by atoms with Crippen molar-refractivity contribution in [1.29, 1.82) is 0 Å². The lowest BCUT2D eigenvalue weighted by Crippen LogP contribution is -2.66. The Hall–Kier alpha value is -3.17. The highest BCUT2D eigenvalue weighted by Crippen LogP contribution is 2.57. The van der Waals surface area contributed by atoms with Gasteiger partial charge < -0.3 is 26.2 Å². The number of carbonyl (C=O) groups is 3. The Morgan fingerprint density at radius 1 is 1.16 bits per heavy atom. The first kappa shape index (κ1) is 22.0. The van der Waals surface area contributed by atoms with Gasteiger partial charge in [-0.05, 0) is 37.6 Å². The zero-order valence-corrected chi connectivity index (χ0v) is 18.2. The number of phenols is 1. The zero-order chi connectivity index (χ0) is 23.9. The SMILES string of the molecule is CN(C)[C@@H]1C(=O)C(C(N)=O)=C(O)[C@@]2(O)C(=O)C3=C(O)c4c(O)cccc4C(C)(C)[C@H]3C[C@@H]12. The molecule has 0 bridgehead atoms. The highest BCUT2D eigenvalue weighted by Gasteiger charge is 2.66. The monoisotopic (exact) mass is 442 g/mol. The molecule has 0 heterocycles. The number of carbonyl (C=O) groups excluding carboxylic acids is 3. The lowest BCUT2D eigenvalue weighted by Gasteiger charge is -2.53. The lowest BCUT2D eigenvalue weighted by atomic mass is 9.52. The van der Waals surface area contributed by atoms with Crippen molar-refractivity contribution in [3.8, 4) is 5.75 Å². The number of benzene rings is 1. The number of aliphatic hydroxyl groups excluding tert-OH is 2. The zero-order valence-electron chi connectivity index (χ0n) is 18.2. The van der Waals surface area contributed by atoms with E-state index in [4.69, 9.17) is 5.73 Å². The van der Waals surface area contributed by atoms with Crippen LogP contribution in [0.2, 0.25) is 0 Å². The number of hydrogen-bond donors (Lipinski definition) is 5. The maximum atomic E-state index is 13.8. The van der Waals surface area contributed by atoms with E-state index in [2.05, 4.69) is 0 Å². The smallest absolute Gasteiger partial charge is 0.255 e. The van der Waals surface area contributed by atoms with E-state index in [1.54, 1.807) is 26.2 Å². The van der Waals surface area contributed by atoms with Crippen LogP contribution in [0.1, 0.15) is 31.4 Å². The second kappa shape index (κ2) is 6.66. The molecule has 0 spiro atoms. The van der Waals surface area contributed by atoms with Crippen LogP contribution >= 0.6 is 0 Å². The summed E-state index contributed by atoms with van der Waals surface area (Å²) in [6.07, 6.45) is 0.0500. The predicted molar refractivity (Wildman–Crippen MR) is 114 cm³/mol. The van der Waals surface area contributed by atoms with E-state index in [-0.39, 0.29) is 23.3 Å². The quantitative estimate of drug-likeness (QED) is 0.418. The molecule has 0 aromatic heterocycles. The molecule has 1 aromatic carbocycles.